The van der Waals surface area contributed by atoms with E-state index in [2.05, 4.69) is 14.7 Å². The van der Waals surface area contributed by atoms with E-state index in [-0.39, 0.29) is 6.10 Å². The van der Waals surface area contributed by atoms with Crippen LogP contribution >= 0.6 is 23.1 Å². The van der Waals surface area contributed by atoms with E-state index in [1.165, 1.54) is 11.5 Å². The summed E-state index contributed by atoms with van der Waals surface area (Å²) in [5.41, 5.74) is 0. The molecule has 6 heteroatoms. The fourth-order valence-corrected chi connectivity index (χ4v) is 2.45. The Morgan fingerprint density at radius 3 is 2.64 bits per heavy atom. The molecule has 1 aromatic rings. The second-order valence-corrected chi connectivity index (χ2v) is 4.61. The number of aliphatic hydroxyl groups excluding tert-OH is 1. The molecule has 4 nitrogen and oxygen atoms in total. The number of halogens is 1. The van der Waals surface area contributed by atoms with E-state index >= 15 is 0 Å². The second-order valence-electron chi connectivity index (χ2n) is 3.52. The molecule has 1 aromatic heterocycles. The lowest BCUT2D eigenvalue weighted by Gasteiger charge is -2.25. The molecule has 0 amide bonds. The van der Waals surface area contributed by atoms with Gasteiger partial charge in [0.2, 0.25) is 10.4 Å². The van der Waals surface area contributed by atoms with Crippen molar-refractivity contribution < 1.29 is 5.11 Å². The van der Waals surface area contributed by atoms with Crippen LogP contribution in [0.5, 0.6) is 0 Å². The first-order valence-electron chi connectivity index (χ1n) is 4.68. The Morgan fingerprint density at radius 2 is 2.07 bits per heavy atom. The molecule has 2 rings (SSSR count). The minimum absolute atomic E-state index is 0.119. The normalized spacial score (nSPS) is 27.6. The molecule has 0 aromatic carbocycles. The molecule has 0 spiro atoms. The molecule has 2 N–H and O–H groups in total. The van der Waals surface area contributed by atoms with Crippen molar-refractivity contribution in [3.8, 4) is 0 Å². The Bertz CT molecular complexity index is 299. The van der Waals surface area contributed by atoms with Gasteiger partial charge in [-0.3, -0.25) is 0 Å². The van der Waals surface area contributed by atoms with Crippen molar-refractivity contribution in [2.24, 2.45) is 0 Å². The highest BCUT2D eigenvalue weighted by Crippen LogP contribution is 2.23. The molecule has 14 heavy (non-hydrogen) atoms. The van der Waals surface area contributed by atoms with Gasteiger partial charge in [-0.15, -0.1) is 0 Å². The summed E-state index contributed by atoms with van der Waals surface area (Å²) in [5.74, 6) is 0. The Labute approximate surface area is 91.5 Å². The highest BCUT2D eigenvalue weighted by atomic mass is 35.5. The van der Waals surface area contributed by atoms with E-state index in [1.807, 2.05) is 0 Å². The zero-order valence-electron chi connectivity index (χ0n) is 7.61. The zero-order chi connectivity index (χ0) is 9.97. The average Bonchev–Trinajstić information content (AvgIpc) is 2.56. The summed E-state index contributed by atoms with van der Waals surface area (Å²) >= 11 is 6.89. The van der Waals surface area contributed by atoms with Gasteiger partial charge in [-0.05, 0) is 37.3 Å². The summed E-state index contributed by atoms with van der Waals surface area (Å²) in [6, 6.07) is 0.405. The zero-order valence-corrected chi connectivity index (χ0v) is 9.18. The molecule has 1 aliphatic carbocycles. The van der Waals surface area contributed by atoms with Crippen molar-refractivity contribution in [2.75, 3.05) is 5.32 Å². The van der Waals surface area contributed by atoms with Crippen LogP contribution in [0.2, 0.25) is 5.28 Å². The fraction of sp³-hybridized carbons (Fsp3) is 0.750. The maximum atomic E-state index is 9.32. The molecule has 0 aliphatic heterocycles. The topological polar surface area (TPSA) is 58.0 Å². The van der Waals surface area contributed by atoms with Crippen molar-refractivity contribution in [2.45, 2.75) is 37.8 Å². The number of nitrogens with zero attached hydrogens (tertiary/aromatic N) is 2. The third kappa shape index (κ3) is 2.56. The summed E-state index contributed by atoms with van der Waals surface area (Å²) in [7, 11) is 0. The van der Waals surface area contributed by atoms with Crippen molar-refractivity contribution in [1.82, 2.24) is 9.36 Å². The van der Waals surface area contributed by atoms with Crippen LogP contribution in [0, 0.1) is 0 Å². The number of rotatable bonds is 2. The lowest BCUT2D eigenvalue weighted by atomic mass is 9.93. The van der Waals surface area contributed by atoms with Crippen molar-refractivity contribution in [1.29, 1.82) is 0 Å². The quantitative estimate of drug-likeness (QED) is 0.819. The van der Waals surface area contributed by atoms with E-state index in [0.717, 1.165) is 30.8 Å². The highest BCUT2D eigenvalue weighted by Gasteiger charge is 2.19. The van der Waals surface area contributed by atoms with Gasteiger partial charge < -0.3 is 10.4 Å². The van der Waals surface area contributed by atoms with E-state index in [1.54, 1.807) is 0 Å². The minimum Gasteiger partial charge on any atom is -0.393 e. The van der Waals surface area contributed by atoms with Crippen LogP contribution in [-0.4, -0.2) is 26.6 Å². The molecule has 1 saturated carbocycles. The number of anilines is 1. The summed E-state index contributed by atoms with van der Waals surface area (Å²) in [4.78, 5) is 4.02. The van der Waals surface area contributed by atoms with Crippen LogP contribution in [-0.2, 0) is 0 Å². The predicted molar refractivity (Wildman–Crippen MR) is 56.8 cm³/mol. The third-order valence-corrected chi connectivity index (χ3v) is 3.34. The van der Waals surface area contributed by atoms with Gasteiger partial charge in [0.1, 0.15) is 0 Å². The smallest absolute Gasteiger partial charge is 0.236 e. The summed E-state index contributed by atoms with van der Waals surface area (Å²) < 4.78 is 3.88. The molecule has 1 fully saturated rings. The largest absolute Gasteiger partial charge is 0.393 e. The van der Waals surface area contributed by atoms with Gasteiger partial charge in [-0.25, -0.2) is 0 Å². The molecule has 1 heterocycles. The monoisotopic (exact) mass is 233 g/mol. The van der Waals surface area contributed by atoms with Gasteiger partial charge in [0.25, 0.3) is 0 Å². The number of nitrogens with one attached hydrogen (secondary N) is 1. The molecule has 0 radical (unpaired) electrons. The van der Waals surface area contributed by atoms with Gasteiger partial charge in [0.15, 0.2) is 0 Å². The molecule has 0 unspecified atom stereocenters. The van der Waals surface area contributed by atoms with E-state index in [9.17, 15) is 5.11 Å². The molecule has 0 atom stereocenters. The number of hydrogen-bond donors (Lipinski definition) is 2. The van der Waals surface area contributed by atoms with Crippen LogP contribution in [0.4, 0.5) is 5.13 Å². The van der Waals surface area contributed by atoms with E-state index in [4.69, 9.17) is 11.6 Å². The first-order chi connectivity index (χ1) is 6.74. The average molecular weight is 234 g/mol. The highest BCUT2D eigenvalue weighted by molar-refractivity contribution is 7.09. The molecule has 0 bridgehead atoms. The van der Waals surface area contributed by atoms with Crippen LogP contribution in [0.3, 0.4) is 0 Å². The van der Waals surface area contributed by atoms with Crippen molar-refractivity contribution in [3.05, 3.63) is 5.28 Å². The number of aliphatic hydroxyl groups is 1. The fourth-order valence-electron chi connectivity index (χ4n) is 1.66. The molecule has 1 aliphatic rings. The third-order valence-electron chi connectivity index (χ3n) is 2.43. The second kappa shape index (κ2) is 4.42. The number of hydrogen-bond acceptors (Lipinski definition) is 5. The maximum Gasteiger partial charge on any atom is 0.236 e. The van der Waals surface area contributed by atoms with Gasteiger partial charge in [-0.2, -0.15) is 9.36 Å². The summed E-state index contributed by atoms with van der Waals surface area (Å²) in [6.45, 7) is 0. The van der Waals surface area contributed by atoms with E-state index < -0.39 is 0 Å². The van der Waals surface area contributed by atoms with Gasteiger partial charge in [0, 0.05) is 17.6 Å². The Balaban J connectivity index is 1.86. The lowest BCUT2D eigenvalue weighted by Crippen LogP contribution is -2.28. The van der Waals surface area contributed by atoms with Crippen molar-refractivity contribution >= 4 is 28.3 Å². The summed E-state index contributed by atoms with van der Waals surface area (Å²) in [5, 5.41) is 13.7. The predicted octanol–water partition coefficient (Wildman–Crippen LogP) is 1.91. The van der Waals surface area contributed by atoms with Gasteiger partial charge in [-0.1, -0.05) is 0 Å². The molecular formula is C8H12ClN3OS. The first kappa shape index (κ1) is 10.1. The molecule has 0 saturated heterocycles. The maximum absolute atomic E-state index is 9.32. The van der Waals surface area contributed by atoms with Gasteiger partial charge in [0.05, 0.1) is 6.10 Å². The van der Waals surface area contributed by atoms with Crippen LogP contribution in [0.15, 0.2) is 0 Å². The first-order valence-corrected chi connectivity index (χ1v) is 5.83. The van der Waals surface area contributed by atoms with E-state index in [0.29, 0.717) is 11.3 Å². The Kier molecular flexibility index (Phi) is 3.20. The summed E-state index contributed by atoms with van der Waals surface area (Å²) in [6.07, 6.45) is 3.58. The minimum atomic E-state index is -0.119. The SMILES string of the molecule is OC1CCC(Nc2nc(Cl)ns2)CC1. The van der Waals surface area contributed by atoms with Crippen LogP contribution in [0.1, 0.15) is 25.7 Å². The Hall–Kier alpha value is -0.390. The van der Waals surface area contributed by atoms with Crippen molar-refractivity contribution in [3.63, 3.8) is 0 Å². The number of aromatic nitrogens is 2. The van der Waals surface area contributed by atoms with Gasteiger partial charge >= 0.3 is 0 Å². The lowest BCUT2D eigenvalue weighted by molar-refractivity contribution is 0.126. The molecular weight excluding hydrogens is 222 g/mol. The Morgan fingerprint density at radius 1 is 1.36 bits per heavy atom. The standard InChI is InChI=1S/C8H12ClN3OS/c9-7-11-8(14-12-7)10-5-1-3-6(13)4-2-5/h5-6,13H,1-4H2,(H,10,11,12). The molecule has 78 valence electrons. The van der Waals surface area contributed by atoms with Crippen LogP contribution < -0.4 is 5.32 Å². The van der Waals surface area contributed by atoms with Crippen LogP contribution in [0.25, 0.3) is 0 Å².